The Hall–Kier alpha value is -4.72. The molecular weight excluding hydrogens is 438 g/mol. The highest BCUT2D eigenvalue weighted by atomic mass is 16.5. The maximum atomic E-state index is 12.4. The van der Waals surface area contributed by atoms with Gasteiger partial charge < -0.3 is 18.7 Å². The molecule has 34 heavy (non-hydrogen) atoms. The Labute approximate surface area is 194 Å². The predicted molar refractivity (Wildman–Crippen MR) is 121 cm³/mol. The van der Waals surface area contributed by atoms with Crippen molar-refractivity contribution in [2.75, 3.05) is 7.11 Å². The Bertz CT molecular complexity index is 1320. The van der Waals surface area contributed by atoms with Crippen molar-refractivity contribution in [3.05, 3.63) is 90.0 Å². The summed E-state index contributed by atoms with van der Waals surface area (Å²) in [5.41, 5.74) is 2.89. The summed E-state index contributed by atoms with van der Waals surface area (Å²) in [6.45, 7) is 1.30. The Balaban J connectivity index is 1.42. The number of carbonyl (C=O) groups is 3. The molecule has 0 aliphatic carbocycles. The number of esters is 3. The number of methoxy groups -OCH3 is 1. The van der Waals surface area contributed by atoms with Crippen LogP contribution in [0.1, 0.15) is 27.6 Å². The van der Waals surface area contributed by atoms with Gasteiger partial charge in [0, 0.05) is 24.1 Å². The molecule has 0 fully saturated rings. The smallest absolute Gasteiger partial charge is 0.343 e. The molecule has 170 valence electrons. The van der Waals surface area contributed by atoms with Crippen LogP contribution in [-0.2, 0) is 9.53 Å². The van der Waals surface area contributed by atoms with Crippen LogP contribution >= 0.6 is 0 Å². The van der Waals surface area contributed by atoms with Crippen LogP contribution in [0.25, 0.3) is 22.6 Å². The number of hydrogen-bond acceptors (Lipinski definition) is 8. The molecule has 1 heterocycles. The van der Waals surface area contributed by atoms with E-state index in [0.29, 0.717) is 34.1 Å². The van der Waals surface area contributed by atoms with Crippen LogP contribution in [0, 0.1) is 0 Å². The lowest BCUT2D eigenvalue weighted by Gasteiger charge is -2.06. The monoisotopic (exact) mass is 457 g/mol. The maximum Gasteiger partial charge on any atom is 0.343 e. The van der Waals surface area contributed by atoms with Crippen LogP contribution in [0.15, 0.2) is 83.4 Å². The van der Waals surface area contributed by atoms with Crippen molar-refractivity contribution in [2.24, 2.45) is 0 Å². The van der Waals surface area contributed by atoms with Crippen LogP contribution in [0.5, 0.6) is 11.5 Å². The summed E-state index contributed by atoms with van der Waals surface area (Å²) in [5, 5.41) is 4.09. The first kappa shape index (κ1) is 22.5. The highest BCUT2D eigenvalue weighted by molar-refractivity contribution is 5.91. The third kappa shape index (κ3) is 5.18. The van der Waals surface area contributed by atoms with Crippen molar-refractivity contribution >= 4 is 17.9 Å². The standard InChI is InChI=1S/C26H19NO7/c1-16(28)32-21-13-9-20(10-14-21)26(30)33-22-11-7-17(8-12-22)23-15-24(34-27-23)18-3-5-19(6-4-18)25(29)31-2/h3-15H,1-2H3. The summed E-state index contributed by atoms with van der Waals surface area (Å²) < 4.78 is 20.5. The zero-order valence-corrected chi connectivity index (χ0v) is 18.3. The van der Waals surface area contributed by atoms with Crippen LogP contribution in [-0.4, -0.2) is 30.2 Å². The molecule has 4 rings (SSSR count). The van der Waals surface area contributed by atoms with Crippen molar-refractivity contribution in [2.45, 2.75) is 6.92 Å². The molecule has 0 bridgehead atoms. The van der Waals surface area contributed by atoms with Gasteiger partial charge in [-0.3, -0.25) is 4.79 Å². The molecule has 8 nitrogen and oxygen atoms in total. The Kier molecular flexibility index (Phi) is 6.49. The number of benzene rings is 3. The normalized spacial score (nSPS) is 10.4. The SMILES string of the molecule is COC(=O)c1ccc(-c2cc(-c3ccc(OC(=O)c4ccc(OC(C)=O)cc4)cc3)no2)cc1. The molecule has 0 spiro atoms. The van der Waals surface area contributed by atoms with Crippen LogP contribution in [0.4, 0.5) is 0 Å². The molecule has 1 aromatic heterocycles. The van der Waals surface area contributed by atoms with E-state index in [1.54, 1.807) is 54.6 Å². The van der Waals surface area contributed by atoms with E-state index >= 15 is 0 Å². The summed E-state index contributed by atoms with van der Waals surface area (Å²) in [5.74, 6) is -0.143. The Morgan fingerprint density at radius 2 is 1.24 bits per heavy atom. The lowest BCUT2D eigenvalue weighted by molar-refractivity contribution is -0.131. The summed E-state index contributed by atoms with van der Waals surface area (Å²) in [4.78, 5) is 34.9. The van der Waals surface area contributed by atoms with Crippen LogP contribution < -0.4 is 9.47 Å². The molecule has 0 atom stereocenters. The van der Waals surface area contributed by atoms with Crippen molar-refractivity contribution < 1.29 is 33.1 Å². The van der Waals surface area contributed by atoms with E-state index < -0.39 is 17.9 Å². The van der Waals surface area contributed by atoms with Crippen molar-refractivity contribution in [3.63, 3.8) is 0 Å². The van der Waals surface area contributed by atoms with Crippen molar-refractivity contribution in [1.29, 1.82) is 0 Å². The first-order valence-corrected chi connectivity index (χ1v) is 10.2. The van der Waals surface area contributed by atoms with Crippen LogP contribution in [0.3, 0.4) is 0 Å². The summed E-state index contributed by atoms with van der Waals surface area (Å²) in [6.07, 6.45) is 0. The molecule has 0 saturated heterocycles. The number of rotatable bonds is 6. The van der Waals surface area contributed by atoms with E-state index in [9.17, 15) is 14.4 Å². The van der Waals surface area contributed by atoms with E-state index in [2.05, 4.69) is 5.16 Å². The van der Waals surface area contributed by atoms with Gasteiger partial charge in [-0.25, -0.2) is 9.59 Å². The second kappa shape index (κ2) is 9.83. The molecule has 0 aliphatic heterocycles. The van der Waals surface area contributed by atoms with Gasteiger partial charge in [0.25, 0.3) is 0 Å². The van der Waals surface area contributed by atoms with Gasteiger partial charge in [-0.2, -0.15) is 0 Å². The number of carbonyl (C=O) groups excluding carboxylic acids is 3. The molecule has 0 aliphatic rings. The number of aromatic nitrogens is 1. The summed E-state index contributed by atoms with van der Waals surface area (Å²) in [7, 11) is 1.33. The minimum absolute atomic E-state index is 0.319. The number of nitrogens with zero attached hydrogens (tertiary/aromatic N) is 1. The molecule has 0 radical (unpaired) electrons. The van der Waals surface area contributed by atoms with Crippen molar-refractivity contribution in [1.82, 2.24) is 5.16 Å². The van der Waals surface area contributed by atoms with Gasteiger partial charge >= 0.3 is 17.9 Å². The van der Waals surface area contributed by atoms with Gasteiger partial charge in [0.05, 0.1) is 18.2 Å². The fourth-order valence-electron chi connectivity index (χ4n) is 3.12. The number of ether oxygens (including phenoxy) is 3. The Morgan fingerprint density at radius 3 is 1.85 bits per heavy atom. The van der Waals surface area contributed by atoms with E-state index in [4.69, 9.17) is 18.7 Å². The van der Waals surface area contributed by atoms with Gasteiger partial charge in [-0.15, -0.1) is 0 Å². The number of hydrogen-bond donors (Lipinski definition) is 0. The topological polar surface area (TPSA) is 105 Å². The molecule has 4 aromatic rings. The maximum absolute atomic E-state index is 12.4. The average Bonchev–Trinajstić information content (AvgIpc) is 3.34. The fourth-order valence-corrected chi connectivity index (χ4v) is 3.12. The van der Waals surface area contributed by atoms with E-state index in [1.165, 1.54) is 38.3 Å². The molecule has 0 saturated carbocycles. The van der Waals surface area contributed by atoms with Gasteiger partial charge in [0.1, 0.15) is 17.2 Å². The highest BCUT2D eigenvalue weighted by Crippen LogP contribution is 2.28. The highest BCUT2D eigenvalue weighted by Gasteiger charge is 2.13. The molecule has 0 unspecified atom stereocenters. The van der Waals surface area contributed by atoms with E-state index in [0.717, 1.165) is 11.1 Å². The minimum atomic E-state index is -0.541. The quantitative estimate of drug-likeness (QED) is 0.296. The van der Waals surface area contributed by atoms with Gasteiger partial charge in [-0.05, 0) is 60.7 Å². The van der Waals surface area contributed by atoms with Gasteiger partial charge in [-0.1, -0.05) is 17.3 Å². The second-order valence-corrected chi connectivity index (χ2v) is 7.18. The molecule has 8 heteroatoms. The second-order valence-electron chi connectivity index (χ2n) is 7.18. The third-order valence-corrected chi connectivity index (χ3v) is 4.81. The zero-order valence-electron chi connectivity index (χ0n) is 18.3. The lowest BCUT2D eigenvalue weighted by Crippen LogP contribution is -2.08. The zero-order chi connectivity index (χ0) is 24.1. The first-order valence-electron chi connectivity index (χ1n) is 10.2. The molecular formula is C26H19NO7. The molecule has 3 aromatic carbocycles. The summed E-state index contributed by atoms with van der Waals surface area (Å²) in [6, 6.07) is 21.5. The van der Waals surface area contributed by atoms with Crippen molar-refractivity contribution in [3.8, 4) is 34.1 Å². The van der Waals surface area contributed by atoms with E-state index in [-0.39, 0.29) is 0 Å². The van der Waals surface area contributed by atoms with Gasteiger partial charge in [0.15, 0.2) is 5.76 Å². The lowest BCUT2D eigenvalue weighted by atomic mass is 10.1. The average molecular weight is 457 g/mol. The third-order valence-electron chi connectivity index (χ3n) is 4.81. The fraction of sp³-hybridized carbons (Fsp3) is 0.0769. The largest absolute Gasteiger partial charge is 0.465 e. The van der Waals surface area contributed by atoms with Crippen LogP contribution in [0.2, 0.25) is 0 Å². The summed E-state index contributed by atoms with van der Waals surface area (Å²) >= 11 is 0. The molecule has 0 amide bonds. The minimum Gasteiger partial charge on any atom is -0.465 e. The van der Waals surface area contributed by atoms with Gasteiger partial charge in [0.2, 0.25) is 0 Å². The predicted octanol–water partition coefficient (Wildman–Crippen LogP) is 4.94. The van der Waals surface area contributed by atoms with E-state index in [1.807, 2.05) is 0 Å². The Morgan fingerprint density at radius 1 is 0.706 bits per heavy atom. The molecule has 0 N–H and O–H groups in total. The first-order chi connectivity index (χ1) is 16.4.